The van der Waals surface area contributed by atoms with Gasteiger partial charge in [-0.25, -0.2) is 0 Å². The molecular formula is C14H26O9. The van der Waals surface area contributed by atoms with Crippen molar-refractivity contribution in [3.63, 3.8) is 0 Å². The van der Waals surface area contributed by atoms with Crippen LogP contribution in [-0.2, 0) is 18.9 Å². The minimum atomic E-state index is -1.51. The van der Waals surface area contributed by atoms with E-state index in [-0.39, 0.29) is 6.61 Å². The number of rotatable bonds is 4. The van der Waals surface area contributed by atoms with Crippen LogP contribution < -0.4 is 0 Å². The summed E-state index contributed by atoms with van der Waals surface area (Å²) >= 11 is 0. The number of hydrogen-bond donors (Lipinski definition) is 5. The normalized spacial score (nSPS) is 51.7. The van der Waals surface area contributed by atoms with Crippen molar-refractivity contribution in [2.24, 2.45) is 5.92 Å². The average molecular weight is 338 g/mol. The van der Waals surface area contributed by atoms with Gasteiger partial charge in [-0.05, 0) is 6.92 Å². The second-order valence-electron chi connectivity index (χ2n) is 6.09. The zero-order chi connectivity index (χ0) is 17.3. The summed E-state index contributed by atoms with van der Waals surface area (Å²) in [5.74, 6) is -0.508. The highest BCUT2D eigenvalue weighted by atomic mass is 16.7. The van der Waals surface area contributed by atoms with Gasteiger partial charge < -0.3 is 44.5 Å². The SMILES string of the molecule is COC1C(CO)OC(OC2C(C)OC(O)C(O)C2O)C(C)C1O. The van der Waals surface area contributed by atoms with E-state index in [2.05, 4.69) is 0 Å². The third-order valence-electron chi connectivity index (χ3n) is 4.52. The van der Waals surface area contributed by atoms with Gasteiger partial charge in [-0.15, -0.1) is 0 Å². The Morgan fingerprint density at radius 1 is 0.913 bits per heavy atom. The lowest BCUT2D eigenvalue weighted by molar-refractivity contribution is -0.344. The molecule has 0 bridgehead atoms. The first-order chi connectivity index (χ1) is 10.8. The van der Waals surface area contributed by atoms with Gasteiger partial charge in [-0.3, -0.25) is 0 Å². The summed E-state index contributed by atoms with van der Waals surface area (Å²) < 4.78 is 21.6. The van der Waals surface area contributed by atoms with Crippen LogP contribution in [0.25, 0.3) is 0 Å². The molecule has 0 aromatic rings. The minimum Gasteiger partial charge on any atom is -0.394 e. The monoisotopic (exact) mass is 338 g/mol. The smallest absolute Gasteiger partial charge is 0.183 e. The van der Waals surface area contributed by atoms with Gasteiger partial charge in [0.05, 0.1) is 18.8 Å². The second-order valence-corrected chi connectivity index (χ2v) is 6.09. The van der Waals surface area contributed by atoms with Crippen LogP contribution in [0.2, 0.25) is 0 Å². The van der Waals surface area contributed by atoms with Crippen molar-refractivity contribution in [2.75, 3.05) is 13.7 Å². The largest absolute Gasteiger partial charge is 0.394 e. The van der Waals surface area contributed by atoms with Crippen LogP contribution in [0.1, 0.15) is 13.8 Å². The molecule has 0 saturated carbocycles. The van der Waals surface area contributed by atoms with E-state index in [0.29, 0.717) is 0 Å². The molecule has 10 unspecified atom stereocenters. The maximum atomic E-state index is 10.3. The van der Waals surface area contributed by atoms with Crippen molar-refractivity contribution >= 4 is 0 Å². The Hall–Kier alpha value is -0.360. The quantitative estimate of drug-likeness (QED) is 0.378. The van der Waals surface area contributed by atoms with Gasteiger partial charge in [0.1, 0.15) is 30.5 Å². The molecule has 0 radical (unpaired) electrons. The van der Waals surface area contributed by atoms with Crippen LogP contribution in [0, 0.1) is 5.92 Å². The van der Waals surface area contributed by atoms with Crippen molar-refractivity contribution in [3.05, 3.63) is 0 Å². The highest BCUT2D eigenvalue weighted by molar-refractivity contribution is 4.92. The van der Waals surface area contributed by atoms with Crippen molar-refractivity contribution < 1.29 is 44.5 Å². The lowest BCUT2D eigenvalue weighted by atomic mass is 9.92. The fourth-order valence-electron chi connectivity index (χ4n) is 3.01. The van der Waals surface area contributed by atoms with E-state index < -0.39 is 61.2 Å². The lowest BCUT2D eigenvalue weighted by Gasteiger charge is -2.46. The molecule has 2 fully saturated rings. The maximum absolute atomic E-state index is 10.3. The first-order valence-corrected chi connectivity index (χ1v) is 7.64. The van der Waals surface area contributed by atoms with Crippen LogP contribution in [0.3, 0.4) is 0 Å². The second kappa shape index (κ2) is 7.68. The molecule has 0 spiro atoms. The summed E-state index contributed by atoms with van der Waals surface area (Å²) in [4.78, 5) is 0. The van der Waals surface area contributed by atoms with Gasteiger partial charge in [0.15, 0.2) is 12.6 Å². The molecule has 5 N–H and O–H groups in total. The molecule has 9 heteroatoms. The summed E-state index contributed by atoms with van der Waals surface area (Å²) in [7, 11) is 1.41. The Kier molecular flexibility index (Phi) is 6.34. The fourth-order valence-corrected chi connectivity index (χ4v) is 3.01. The molecule has 9 nitrogen and oxygen atoms in total. The van der Waals surface area contributed by atoms with Crippen LogP contribution in [0.15, 0.2) is 0 Å². The first-order valence-electron chi connectivity index (χ1n) is 7.64. The predicted octanol–water partition coefficient (Wildman–Crippen LogP) is -2.44. The van der Waals surface area contributed by atoms with Gasteiger partial charge in [0, 0.05) is 13.0 Å². The number of hydrogen-bond acceptors (Lipinski definition) is 9. The van der Waals surface area contributed by atoms with Crippen LogP contribution >= 0.6 is 0 Å². The van der Waals surface area contributed by atoms with E-state index in [0.717, 1.165) is 0 Å². The molecule has 0 aromatic carbocycles. The molecule has 0 aromatic heterocycles. The highest BCUT2D eigenvalue weighted by Gasteiger charge is 2.48. The van der Waals surface area contributed by atoms with E-state index in [4.69, 9.17) is 18.9 Å². The van der Waals surface area contributed by atoms with Crippen LogP contribution in [-0.4, -0.2) is 94.6 Å². The van der Waals surface area contributed by atoms with Crippen molar-refractivity contribution in [2.45, 2.75) is 69.2 Å². The molecule has 2 aliphatic heterocycles. The molecular weight excluding hydrogens is 312 g/mol. The van der Waals surface area contributed by atoms with E-state index in [9.17, 15) is 25.5 Å². The molecule has 0 aliphatic carbocycles. The van der Waals surface area contributed by atoms with Crippen LogP contribution in [0.4, 0.5) is 0 Å². The van der Waals surface area contributed by atoms with Gasteiger partial charge in [-0.1, -0.05) is 6.92 Å². The molecule has 0 amide bonds. The zero-order valence-corrected chi connectivity index (χ0v) is 13.3. The number of aliphatic hydroxyl groups excluding tert-OH is 5. The molecule has 2 saturated heterocycles. The van der Waals surface area contributed by atoms with Crippen molar-refractivity contribution in [1.29, 1.82) is 0 Å². The van der Waals surface area contributed by atoms with E-state index in [1.54, 1.807) is 13.8 Å². The summed E-state index contributed by atoms with van der Waals surface area (Å²) in [6, 6.07) is 0. The Morgan fingerprint density at radius 3 is 2.13 bits per heavy atom. The van der Waals surface area contributed by atoms with Crippen molar-refractivity contribution in [1.82, 2.24) is 0 Å². The van der Waals surface area contributed by atoms with E-state index in [1.165, 1.54) is 7.11 Å². The number of methoxy groups -OCH3 is 1. The fraction of sp³-hybridized carbons (Fsp3) is 1.00. The Bertz CT molecular complexity index is 379. The third-order valence-corrected chi connectivity index (χ3v) is 4.52. The predicted molar refractivity (Wildman–Crippen MR) is 75.2 cm³/mol. The van der Waals surface area contributed by atoms with Gasteiger partial charge in [0.25, 0.3) is 0 Å². The molecule has 2 heterocycles. The number of ether oxygens (including phenoxy) is 4. The lowest BCUT2D eigenvalue weighted by Crippen LogP contribution is -2.61. The molecule has 2 rings (SSSR count). The molecule has 23 heavy (non-hydrogen) atoms. The van der Waals surface area contributed by atoms with E-state index in [1.807, 2.05) is 0 Å². The van der Waals surface area contributed by atoms with Crippen LogP contribution in [0.5, 0.6) is 0 Å². The first kappa shape index (κ1) is 19.0. The standard InChI is InChI=1S/C14H26O9/c1-5-8(16)12(20-3)7(4-15)22-14(5)23-11-6(2)21-13(19)10(18)9(11)17/h5-19H,4H2,1-3H3. The minimum absolute atomic E-state index is 0.372. The summed E-state index contributed by atoms with van der Waals surface area (Å²) in [5, 5.41) is 48.9. The summed E-state index contributed by atoms with van der Waals surface area (Å²) in [5.41, 5.74) is 0. The molecule has 10 atom stereocenters. The Labute approximate surface area is 134 Å². The zero-order valence-electron chi connectivity index (χ0n) is 13.3. The topological polar surface area (TPSA) is 138 Å². The molecule has 2 aliphatic rings. The Balaban J connectivity index is 2.09. The maximum Gasteiger partial charge on any atom is 0.183 e. The number of aliphatic hydroxyl groups is 5. The van der Waals surface area contributed by atoms with Crippen molar-refractivity contribution in [3.8, 4) is 0 Å². The third kappa shape index (κ3) is 3.68. The molecule has 136 valence electrons. The summed E-state index contributed by atoms with van der Waals surface area (Å²) in [6.45, 7) is 2.89. The Morgan fingerprint density at radius 2 is 1.57 bits per heavy atom. The van der Waals surface area contributed by atoms with Gasteiger partial charge in [0.2, 0.25) is 0 Å². The highest BCUT2D eigenvalue weighted by Crippen LogP contribution is 2.32. The van der Waals surface area contributed by atoms with E-state index >= 15 is 0 Å². The van der Waals surface area contributed by atoms with Gasteiger partial charge in [-0.2, -0.15) is 0 Å². The average Bonchev–Trinajstić information content (AvgIpc) is 2.53. The van der Waals surface area contributed by atoms with Gasteiger partial charge >= 0.3 is 0 Å². The summed E-state index contributed by atoms with van der Waals surface area (Å²) in [6.07, 6.45) is -9.44.